The molecule has 0 saturated carbocycles. The lowest BCUT2D eigenvalue weighted by Gasteiger charge is -2.18. The summed E-state index contributed by atoms with van der Waals surface area (Å²) in [5, 5.41) is 3.37. The van der Waals surface area contributed by atoms with Crippen molar-refractivity contribution in [1.82, 2.24) is 5.32 Å². The molecule has 0 spiro atoms. The van der Waals surface area contributed by atoms with Gasteiger partial charge in [-0.05, 0) is 42.6 Å². The highest BCUT2D eigenvalue weighted by Crippen LogP contribution is 2.23. The number of nitrogens with one attached hydrogen (secondary N) is 1. The normalized spacial score (nSPS) is 15.8. The number of rotatable bonds is 0. The maximum absolute atomic E-state index is 3.55. The minimum Gasteiger partial charge on any atom is -0.312 e. The molecule has 0 aliphatic carbocycles. The molecule has 0 amide bonds. The largest absolute Gasteiger partial charge is 0.312 e. The highest BCUT2D eigenvalue weighted by atomic mass is 79.9. The van der Waals surface area contributed by atoms with Gasteiger partial charge in [0.25, 0.3) is 0 Å². The molecule has 1 N–H and O–H groups in total. The summed E-state index contributed by atoms with van der Waals surface area (Å²) in [5.41, 5.74) is 4.30. The molecule has 0 saturated heterocycles. The molecule has 2 heteroatoms. The van der Waals surface area contributed by atoms with Gasteiger partial charge < -0.3 is 5.32 Å². The Hall–Kier alpha value is -0.340. The van der Waals surface area contributed by atoms with Crippen LogP contribution in [-0.4, -0.2) is 6.54 Å². The van der Waals surface area contributed by atoms with Gasteiger partial charge in [-0.25, -0.2) is 0 Å². The molecular formula is C10H12BrN. The van der Waals surface area contributed by atoms with Gasteiger partial charge in [0.2, 0.25) is 0 Å². The van der Waals surface area contributed by atoms with Crippen LogP contribution in [0.5, 0.6) is 0 Å². The van der Waals surface area contributed by atoms with Gasteiger partial charge in [0.05, 0.1) is 0 Å². The Bertz CT molecular complexity index is 276. The van der Waals surface area contributed by atoms with E-state index in [4.69, 9.17) is 0 Å². The first-order valence-electron chi connectivity index (χ1n) is 4.26. The summed E-state index contributed by atoms with van der Waals surface area (Å²) in [6.07, 6.45) is 1.17. The van der Waals surface area contributed by atoms with Crippen LogP contribution in [0.1, 0.15) is 16.7 Å². The average molecular weight is 226 g/mol. The summed E-state index contributed by atoms with van der Waals surface area (Å²) >= 11 is 3.55. The first-order valence-corrected chi connectivity index (χ1v) is 5.05. The summed E-state index contributed by atoms with van der Waals surface area (Å²) in [6.45, 7) is 4.29. The van der Waals surface area contributed by atoms with Crippen molar-refractivity contribution >= 4 is 15.9 Å². The number of aryl methyl sites for hydroxylation is 1. The molecule has 0 bridgehead atoms. The molecule has 1 heterocycles. The van der Waals surface area contributed by atoms with Crippen molar-refractivity contribution < 1.29 is 0 Å². The summed E-state index contributed by atoms with van der Waals surface area (Å²) in [6, 6.07) is 4.52. The molecule has 1 aliphatic heterocycles. The third-order valence-corrected chi connectivity index (χ3v) is 3.22. The van der Waals surface area contributed by atoms with Gasteiger partial charge >= 0.3 is 0 Å². The smallest absolute Gasteiger partial charge is 0.0208 e. The quantitative estimate of drug-likeness (QED) is 0.716. The monoisotopic (exact) mass is 225 g/mol. The lowest BCUT2D eigenvalue weighted by Crippen LogP contribution is -2.23. The number of halogens is 1. The second-order valence-corrected chi connectivity index (χ2v) is 4.15. The number of hydrogen-bond acceptors (Lipinski definition) is 1. The van der Waals surface area contributed by atoms with Crippen LogP contribution in [-0.2, 0) is 13.0 Å². The maximum Gasteiger partial charge on any atom is 0.0208 e. The van der Waals surface area contributed by atoms with E-state index in [0.29, 0.717) is 0 Å². The summed E-state index contributed by atoms with van der Waals surface area (Å²) in [7, 11) is 0. The molecule has 1 nitrogen and oxygen atoms in total. The minimum absolute atomic E-state index is 1.02. The van der Waals surface area contributed by atoms with E-state index in [2.05, 4.69) is 40.3 Å². The van der Waals surface area contributed by atoms with Crippen LogP contribution in [0.15, 0.2) is 16.6 Å². The standard InChI is InChI=1S/C10H12BrN/c1-7-4-8-2-3-12-6-9(8)5-10(7)11/h4-5,12H,2-3,6H2,1H3. The van der Waals surface area contributed by atoms with E-state index in [1.54, 1.807) is 0 Å². The molecule has 1 aliphatic rings. The maximum atomic E-state index is 3.55. The van der Waals surface area contributed by atoms with Gasteiger partial charge in [-0.3, -0.25) is 0 Å². The number of hydrogen-bond donors (Lipinski definition) is 1. The fraction of sp³-hybridized carbons (Fsp3) is 0.400. The van der Waals surface area contributed by atoms with Crippen molar-refractivity contribution in [2.45, 2.75) is 19.9 Å². The van der Waals surface area contributed by atoms with E-state index in [1.807, 2.05) is 0 Å². The SMILES string of the molecule is Cc1cc2c(cc1Br)CNCC2. The lowest BCUT2D eigenvalue weighted by molar-refractivity contribution is 0.643. The van der Waals surface area contributed by atoms with E-state index in [0.717, 1.165) is 13.1 Å². The third-order valence-electron chi connectivity index (χ3n) is 2.37. The molecule has 1 aromatic rings. The lowest BCUT2D eigenvalue weighted by atomic mass is 9.99. The van der Waals surface area contributed by atoms with Gasteiger partial charge in [-0.1, -0.05) is 22.0 Å². The van der Waals surface area contributed by atoms with Crippen LogP contribution in [0, 0.1) is 6.92 Å². The van der Waals surface area contributed by atoms with E-state index >= 15 is 0 Å². The Kier molecular flexibility index (Phi) is 2.20. The van der Waals surface area contributed by atoms with Crippen LogP contribution in [0.3, 0.4) is 0 Å². The molecule has 0 fully saturated rings. The molecule has 1 aromatic carbocycles. The fourth-order valence-corrected chi connectivity index (χ4v) is 2.02. The Morgan fingerprint density at radius 3 is 3.00 bits per heavy atom. The van der Waals surface area contributed by atoms with Crippen LogP contribution in [0.25, 0.3) is 0 Å². The fourth-order valence-electron chi connectivity index (χ4n) is 1.63. The first-order chi connectivity index (χ1) is 5.77. The zero-order valence-corrected chi connectivity index (χ0v) is 8.74. The van der Waals surface area contributed by atoms with Crippen LogP contribution in [0.4, 0.5) is 0 Å². The van der Waals surface area contributed by atoms with Gasteiger partial charge in [-0.2, -0.15) is 0 Å². The minimum atomic E-state index is 1.02. The van der Waals surface area contributed by atoms with Crippen LogP contribution >= 0.6 is 15.9 Å². The van der Waals surface area contributed by atoms with Crippen molar-refractivity contribution in [1.29, 1.82) is 0 Å². The Labute approximate surface area is 81.3 Å². The van der Waals surface area contributed by atoms with Crippen molar-refractivity contribution in [3.63, 3.8) is 0 Å². The van der Waals surface area contributed by atoms with Crippen molar-refractivity contribution in [2.24, 2.45) is 0 Å². The summed E-state index contributed by atoms with van der Waals surface area (Å²) in [4.78, 5) is 0. The molecule has 64 valence electrons. The van der Waals surface area contributed by atoms with Crippen molar-refractivity contribution in [3.05, 3.63) is 33.3 Å². The second-order valence-electron chi connectivity index (χ2n) is 3.30. The number of fused-ring (bicyclic) bond motifs is 1. The molecule has 0 atom stereocenters. The molecular weight excluding hydrogens is 214 g/mol. The molecule has 0 aromatic heterocycles. The first kappa shape index (κ1) is 8.27. The second kappa shape index (κ2) is 3.19. The molecule has 0 unspecified atom stereocenters. The van der Waals surface area contributed by atoms with E-state index < -0.39 is 0 Å². The van der Waals surface area contributed by atoms with Gasteiger partial charge in [0.15, 0.2) is 0 Å². The molecule has 2 rings (SSSR count). The van der Waals surface area contributed by atoms with Gasteiger partial charge in [0.1, 0.15) is 0 Å². The topological polar surface area (TPSA) is 12.0 Å². The molecule has 12 heavy (non-hydrogen) atoms. The Balaban J connectivity index is 2.49. The van der Waals surface area contributed by atoms with E-state index in [1.165, 1.54) is 27.6 Å². The highest BCUT2D eigenvalue weighted by Gasteiger charge is 2.09. The van der Waals surface area contributed by atoms with Gasteiger partial charge in [0, 0.05) is 11.0 Å². The third kappa shape index (κ3) is 1.41. The predicted octanol–water partition coefficient (Wildman–Crippen LogP) is 2.40. The summed E-state index contributed by atoms with van der Waals surface area (Å²) < 4.78 is 1.23. The summed E-state index contributed by atoms with van der Waals surface area (Å²) in [5.74, 6) is 0. The zero-order valence-electron chi connectivity index (χ0n) is 7.15. The van der Waals surface area contributed by atoms with Crippen molar-refractivity contribution in [3.8, 4) is 0 Å². The van der Waals surface area contributed by atoms with Gasteiger partial charge in [-0.15, -0.1) is 0 Å². The van der Waals surface area contributed by atoms with Crippen LogP contribution in [0.2, 0.25) is 0 Å². The Morgan fingerprint density at radius 1 is 1.33 bits per heavy atom. The van der Waals surface area contributed by atoms with E-state index in [9.17, 15) is 0 Å². The van der Waals surface area contributed by atoms with Crippen molar-refractivity contribution in [2.75, 3.05) is 6.54 Å². The zero-order chi connectivity index (χ0) is 8.55. The van der Waals surface area contributed by atoms with Crippen LogP contribution < -0.4 is 5.32 Å². The number of benzene rings is 1. The Morgan fingerprint density at radius 2 is 2.17 bits per heavy atom. The molecule has 0 radical (unpaired) electrons. The van der Waals surface area contributed by atoms with E-state index in [-0.39, 0.29) is 0 Å². The highest BCUT2D eigenvalue weighted by molar-refractivity contribution is 9.10. The predicted molar refractivity (Wildman–Crippen MR) is 54.3 cm³/mol. The average Bonchev–Trinajstić information content (AvgIpc) is 2.07.